The molecule has 5 aromatic rings. The zero-order valence-corrected chi connectivity index (χ0v) is 17.6. The van der Waals surface area contributed by atoms with Gasteiger partial charge in [0.25, 0.3) is 0 Å². The molecule has 0 atom stereocenters. The Hall–Kier alpha value is -3.06. The van der Waals surface area contributed by atoms with E-state index in [0.29, 0.717) is 11.0 Å². The predicted octanol–water partition coefficient (Wildman–Crippen LogP) is 6.36. The minimum atomic E-state index is 0.179. The maximum absolute atomic E-state index is 5.92. The number of rotatable bonds is 2. The second kappa shape index (κ2) is 9.17. The van der Waals surface area contributed by atoms with Crippen LogP contribution in [0.3, 0.4) is 0 Å². The molecule has 0 aliphatic carbocycles. The summed E-state index contributed by atoms with van der Waals surface area (Å²) in [6.45, 7) is 0. The molecule has 0 radical (unpaired) electrons. The molecule has 0 unspecified atom stereocenters. The molecule has 0 bridgehead atoms. The van der Waals surface area contributed by atoms with Crippen molar-refractivity contribution in [2.24, 2.45) is 0 Å². The first-order chi connectivity index (χ1) is 14.6. The van der Waals surface area contributed by atoms with Crippen molar-refractivity contribution in [1.29, 1.82) is 0 Å². The van der Waals surface area contributed by atoms with E-state index in [-0.39, 0.29) is 10.6 Å². The van der Waals surface area contributed by atoms with Gasteiger partial charge in [-0.15, -0.1) is 0 Å². The molecule has 30 heavy (non-hydrogen) atoms. The van der Waals surface area contributed by atoms with Gasteiger partial charge < -0.3 is 5.32 Å². The van der Waals surface area contributed by atoms with E-state index in [1.54, 1.807) is 12.4 Å². The summed E-state index contributed by atoms with van der Waals surface area (Å²) in [6.07, 6.45) is 3.43. The first-order valence-electron chi connectivity index (χ1n) is 8.77. The number of anilines is 2. The van der Waals surface area contributed by atoms with E-state index in [4.69, 9.17) is 34.8 Å². The van der Waals surface area contributed by atoms with Gasteiger partial charge in [-0.2, -0.15) is 4.98 Å². The van der Waals surface area contributed by atoms with Crippen molar-refractivity contribution in [3.63, 3.8) is 0 Å². The van der Waals surface area contributed by atoms with E-state index in [0.717, 1.165) is 27.5 Å². The number of fused-ring (bicyclic) bond motifs is 2. The average molecular weight is 456 g/mol. The van der Waals surface area contributed by atoms with Gasteiger partial charge >= 0.3 is 0 Å². The van der Waals surface area contributed by atoms with Gasteiger partial charge in [-0.25, -0.2) is 15.0 Å². The van der Waals surface area contributed by atoms with Gasteiger partial charge in [0, 0.05) is 28.9 Å². The number of pyridine rings is 1. The van der Waals surface area contributed by atoms with E-state index in [2.05, 4.69) is 30.2 Å². The van der Waals surface area contributed by atoms with Crippen LogP contribution in [-0.2, 0) is 0 Å². The van der Waals surface area contributed by atoms with Crippen LogP contribution in [0.4, 0.5) is 11.5 Å². The van der Waals surface area contributed by atoms with Gasteiger partial charge in [0.2, 0.25) is 10.6 Å². The Balaban J connectivity index is 0.000000158. The molecule has 0 saturated carbocycles. The summed E-state index contributed by atoms with van der Waals surface area (Å²) in [5, 5.41) is 5.76. The highest BCUT2D eigenvalue weighted by Gasteiger charge is 2.06. The Morgan fingerprint density at radius 3 is 1.87 bits per heavy atom. The van der Waals surface area contributed by atoms with Crippen LogP contribution < -0.4 is 5.32 Å². The van der Waals surface area contributed by atoms with Crippen LogP contribution in [0.5, 0.6) is 0 Å². The normalized spacial score (nSPS) is 10.5. The number of hydrogen-bond donors (Lipinski definition) is 1. The van der Waals surface area contributed by atoms with Gasteiger partial charge in [-0.05, 0) is 59.6 Å². The zero-order chi connectivity index (χ0) is 20.9. The third kappa shape index (κ3) is 4.74. The quantitative estimate of drug-likeness (QED) is 0.246. The van der Waals surface area contributed by atoms with Gasteiger partial charge in [0.1, 0.15) is 11.0 Å². The van der Waals surface area contributed by atoms with Crippen molar-refractivity contribution in [1.82, 2.24) is 24.9 Å². The lowest BCUT2D eigenvalue weighted by molar-refractivity contribution is 1.21. The molecule has 3 heterocycles. The van der Waals surface area contributed by atoms with Crippen LogP contribution in [0.1, 0.15) is 0 Å². The molecule has 3 aromatic heterocycles. The molecule has 9 heteroatoms. The lowest BCUT2D eigenvalue weighted by Crippen LogP contribution is -1.97. The highest BCUT2D eigenvalue weighted by molar-refractivity contribution is 6.35. The van der Waals surface area contributed by atoms with E-state index in [1.807, 2.05) is 60.7 Å². The van der Waals surface area contributed by atoms with E-state index < -0.39 is 0 Å². The first kappa shape index (κ1) is 20.2. The van der Waals surface area contributed by atoms with Crippen LogP contribution >= 0.6 is 34.8 Å². The molecular formula is C21H13Cl3N6. The molecular weight excluding hydrogens is 443 g/mol. The summed E-state index contributed by atoms with van der Waals surface area (Å²) in [7, 11) is 0. The Bertz CT molecular complexity index is 1310. The third-order valence-corrected chi connectivity index (χ3v) is 4.67. The van der Waals surface area contributed by atoms with Crippen molar-refractivity contribution in [3.05, 3.63) is 88.8 Å². The Morgan fingerprint density at radius 1 is 0.600 bits per heavy atom. The van der Waals surface area contributed by atoms with E-state index >= 15 is 0 Å². The van der Waals surface area contributed by atoms with Gasteiger partial charge in [-0.3, -0.25) is 4.98 Å². The molecule has 0 spiro atoms. The minimum Gasteiger partial charge on any atom is -0.339 e. The SMILES string of the molecule is Clc1nc(Cl)c2ccccc2n1.Clc1nc(Nc2ccncc2)c2ccccc2n1. The molecule has 0 aliphatic rings. The van der Waals surface area contributed by atoms with Crippen molar-refractivity contribution < 1.29 is 0 Å². The fraction of sp³-hybridized carbons (Fsp3) is 0. The summed E-state index contributed by atoms with van der Waals surface area (Å²) < 4.78 is 0. The molecule has 6 nitrogen and oxygen atoms in total. The summed E-state index contributed by atoms with van der Waals surface area (Å²) in [4.78, 5) is 20.2. The number of nitrogens with one attached hydrogen (secondary N) is 1. The highest BCUT2D eigenvalue weighted by Crippen LogP contribution is 2.24. The van der Waals surface area contributed by atoms with Gasteiger partial charge in [0.15, 0.2) is 0 Å². The molecule has 2 aromatic carbocycles. The average Bonchev–Trinajstić information content (AvgIpc) is 2.75. The lowest BCUT2D eigenvalue weighted by Gasteiger charge is -2.08. The minimum absolute atomic E-state index is 0.179. The Labute approximate surface area is 186 Å². The summed E-state index contributed by atoms with van der Waals surface area (Å²) in [6, 6.07) is 18.9. The van der Waals surface area contributed by atoms with Crippen LogP contribution in [-0.4, -0.2) is 24.9 Å². The largest absolute Gasteiger partial charge is 0.339 e. The molecule has 0 fully saturated rings. The van der Waals surface area contributed by atoms with Crippen molar-refractivity contribution >= 4 is 68.1 Å². The number of halogens is 3. The smallest absolute Gasteiger partial charge is 0.224 e. The Kier molecular flexibility index (Phi) is 6.18. The van der Waals surface area contributed by atoms with Crippen LogP contribution in [0.2, 0.25) is 15.7 Å². The van der Waals surface area contributed by atoms with Crippen molar-refractivity contribution in [2.75, 3.05) is 5.32 Å². The zero-order valence-electron chi connectivity index (χ0n) is 15.3. The fourth-order valence-corrected chi connectivity index (χ4v) is 3.36. The molecule has 1 N–H and O–H groups in total. The Morgan fingerprint density at radius 2 is 1.17 bits per heavy atom. The monoisotopic (exact) mass is 454 g/mol. The number of aromatic nitrogens is 5. The predicted molar refractivity (Wildman–Crippen MR) is 122 cm³/mol. The number of nitrogens with zero attached hydrogens (tertiary/aromatic N) is 5. The number of para-hydroxylation sites is 2. The van der Waals surface area contributed by atoms with Crippen LogP contribution in [0.15, 0.2) is 73.1 Å². The number of hydrogen-bond acceptors (Lipinski definition) is 6. The molecule has 0 amide bonds. The molecule has 0 aliphatic heterocycles. The summed E-state index contributed by atoms with van der Waals surface area (Å²) >= 11 is 17.4. The standard InChI is InChI=1S/C13H9ClN4.C8H4Cl2N2/c14-13-17-11-4-2-1-3-10(11)12(18-13)16-9-5-7-15-8-6-9;9-7-5-3-1-2-4-6(5)11-8(10)12-7/h1-8H,(H,15,16,17,18);1-4H. The second-order valence-corrected chi connectivity index (χ2v) is 7.05. The topological polar surface area (TPSA) is 76.5 Å². The van der Waals surface area contributed by atoms with Crippen molar-refractivity contribution in [3.8, 4) is 0 Å². The first-order valence-corrected chi connectivity index (χ1v) is 9.90. The van der Waals surface area contributed by atoms with Crippen LogP contribution in [0, 0.1) is 0 Å². The second-order valence-electron chi connectivity index (χ2n) is 6.02. The fourth-order valence-electron chi connectivity index (χ4n) is 2.73. The highest BCUT2D eigenvalue weighted by atomic mass is 35.5. The molecule has 0 saturated heterocycles. The van der Waals surface area contributed by atoms with Crippen LogP contribution in [0.25, 0.3) is 21.8 Å². The van der Waals surface area contributed by atoms with Gasteiger partial charge in [0.05, 0.1) is 11.0 Å². The number of benzene rings is 2. The maximum atomic E-state index is 5.92. The third-order valence-electron chi connectivity index (χ3n) is 4.05. The molecule has 148 valence electrons. The van der Waals surface area contributed by atoms with Crippen molar-refractivity contribution in [2.45, 2.75) is 0 Å². The maximum Gasteiger partial charge on any atom is 0.224 e. The molecule has 5 rings (SSSR count). The summed E-state index contributed by atoms with van der Waals surface area (Å²) in [5.74, 6) is 0.691. The summed E-state index contributed by atoms with van der Waals surface area (Å²) in [5.41, 5.74) is 2.49. The lowest BCUT2D eigenvalue weighted by atomic mass is 10.2. The van der Waals surface area contributed by atoms with E-state index in [9.17, 15) is 0 Å². The van der Waals surface area contributed by atoms with Gasteiger partial charge in [-0.1, -0.05) is 35.9 Å². The van der Waals surface area contributed by atoms with E-state index in [1.165, 1.54) is 0 Å².